The molecule has 1 aliphatic rings. The molecule has 5 nitrogen and oxygen atoms in total. The van der Waals surface area contributed by atoms with Gasteiger partial charge in [-0.15, -0.1) is 0 Å². The number of carbonyl (C=O) groups is 1. The van der Waals surface area contributed by atoms with Gasteiger partial charge >= 0.3 is 0 Å². The Kier molecular flexibility index (Phi) is 5.18. The number of aryl methyl sites for hydroxylation is 1. The van der Waals surface area contributed by atoms with Gasteiger partial charge in [-0.1, -0.05) is 17.7 Å². The first-order valence-corrected chi connectivity index (χ1v) is 10.0. The predicted molar refractivity (Wildman–Crippen MR) is 113 cm³/mol. The first kappa shape index (κ1) is 18.7. The maximum absolute atomic E-state index is 13.4. The zero-order chi connectivity index (χ0) is 19.7. The summed E-state index contributed by atoms with van der Waals surface area (Å²) in [6.45, 7) is 4.82. The van der Waals surface area contributed by atoms with Crippen molar-refractivity contribution in [2.24, 2.45) is 0 Å². The van der Waals surface area contributed by atoms with E-state index in [0.717, 1.165) is 48.3 Å². The van der Waals surface area contributed by atoms with Crippen LogP contribution in [0.3, 0.4) is 0 Å². The summed E-state index contributed by atoms with van der Waals surface area (Å²) < 4.78 is 0. The Bertz CT molecular complexity index is 1040. The van der Waals surface area contributed by atoms with Crippen LogP contribution in [0.1, 0.15) is 42.2 Å². The Labute approximate surface area is 169 Å². The van der Waals surface area contributed by atoms with E-state index in [1.54, 1.807) is 6.20 Å². The number of aromatic nitrogens is 2. The van der Waals surface area contributed by atoms with E-state index < -0.39 is 0 Å². The lowest BCUT2D eigenvalue weighted by atomic mass is 10.0. The number of amides is 1. The molecule has 0 bridgehead atoms. The van der Waals surface area contributed by atoms with Crippen molar-refractivity contribution in [1.82, 2.24) is 14.9 Å². The third-order valence-corrected chi connectivity index (χ3v) is 5.49. The fourth-order valence-corrected chi connectivity index (χ4v) is 3.92. The van der Waals surface area contributed by atoms with Crippen LogP contribution in [0.25, 0.3) is 11.0 Å². The van der Waals surface area contributed by atoms with E-state index >= 15 is 0 Å². The Morgan fingerprint density at radius 2 is 2.11 bits per heavy atom. The van der Waals surface area contributed by atoms with Crippen LogP contribution < -0.4 is 5.32 Å². The average molecular weight is 395 g/mol. The average Bonchev–Trinajstić information content (AvgIpc) is 2.68. The van der Waals surface area contributed by atoms with Crippen LogP contribution in [0.5, 0.6) is 0 Å². The Balaban J connectivity index is 1.83. The van der Waals surface area contributed by atoms with Crippen molar-refractivity contribution in [3.63, 3.8) is 0 Å². The quantitative estimate of drug-likeness (QED) is 0.650. The largest absolute Gasteiger partial charge is 0.354 e. The number of anilines is 2. The van der Waals surface area contributed by atoms with Crippen LogP contribution in [0.2, 0.25) is 5.02 Å². The van der Waals surface area contributed by atoms with Gasteiger partial charge in [0, 0.05) is 40.6 Å². The van der Waals surface area contributed by atoms with Crippen LogP contribution >= 0.6 is 11.6 Å². The molecule has 1 N–H and O–H groups in total. The van der Waals surface area contributed by atoms with Gasteiger partial charge in [0.05, 0.1) is 11.3 Å². The number of halogens is 1. The molecule has 3 heterocycles. The zero-order valence-electron chi connectivity index (χ0n) is 16.1. The lowest BCUT2D eigenvalue weighted by molar-refractivity contribution is 0.0636. The molecule has 4 rings (SSSR count). The molecule has 0 spiro atoms. The number of carbonyl (C=O) groups excluding carboxylic acids is 1. The fraction of sp³-hybridized carbons (Fsp3) is 0.318. The van der Waals surface area contributed by atoms with Gasteiger partial charge in [-0.3, -0.25) is 4.79 Å². The van der Waals surface area contributed by atoms with Crippen molar-refractivity contribution in [3.05, 3.63) is 58.9 Å². The first-order valence-electron chi connectivity index (χ1n) is 9.63. The van der Waals surface area contributed by atoms with Crippen LogP contribution in [0.15, 0.2) is 42.6 Å². The summed E-state index contributed by atoms with van der Waals surface area (Å²) in [6.07, 6.45) is 4.88. The van der Waals surface area contributed by atoms with Crippen molar-refractivity contribution in [2.75, 3.05) is 11.9 Å². The molecule has 6 heteroatoms. The fourth-order valence-electron chi connectivity index (χ4n) is 3.73. The number of rotatable bonds is 3. The monoisotopic (exact) mass is 394 g/mol. The van der Waals surface area contributed by atoms with E-state index in [1.807, 2.05) is 48.2 Å². The number of likely N-dealkylation sites (tertiary alicyclic amines) is 1. The summed E-state index contributed by atoms with van der Waals surface area (Å²) in [5, 5.41) is 4.85. The molecule has 1 aliphatic heterocycles. The number of hydrogen-bond donors (Lipinski definition) is 1. The number of piperidine rings is 1. The molecule has 0 saturated carbocycles. The van der Waals surface area contributed by atoms with Gasteiger partial charge < -0.3 is 10.2 Å². The van der Waals surface area contributed by atoms with Crippen molar-refractivity contribution in [3.8, 4) is 0 Å². The highest BCUT2D eigenvalue weighted by molar-refractivity contribution is 6.30. The van der Waals surface area contributed by atoms with Crippen LogP contribution in [-0.4, -0.2) is 33.4 Å². The van der Waals surface area contributed by atoms with E-state index in [9.17, 15) is 4.79 Å². The van der Waals surface area contributed by atoms with Gasteiger partial charge in [-0.25, -0.2) is 9.97 Å². The number of nitrogens with one attached hydrogen (secondary N) is 1. The van der Waals surface area contributed by atoms with Gasteiger partial charge in [0.15, 0.2) is 5.65 Å². The summed E-state index contributed by atoms with van der Waals surface area (Å²) in [6, 6.07) is 11.6. The third-order valence-electron chi connectivity index (χ3n) is 5.26. The van der Waals surface area contributed by atoms with E-state index in [4.69, 9.17) is 11.6 Å². The normalized spacial score (nSPS) is 17.0. The number of nitrogens with zero attached hydrogens (tertiary/aromatic N) is 3. The molecule has 28 heavy (non-hydrogen) atoms. The molecule has 144 valence electrons. The minimum absolute atomic E-state index is 0.00621. The molecule has 3 aromatic rings. The minimum Gasteiger partial charge on any atom is -0.354 e. The molecule has 1 atom stereocenters. The second-order valence-electron chi connectivity index (χ2n) is 7.35. The lowest BCUT2D eigenvalue weighted by Gasteiger charge is -2.34. The SMILES string of the molecule is Cc1ccc2c(Nc3cccc(Cl)c3)c(C(=O)N3CCCC[C@H]3C)cnc2n1. The van der Waals surface area contributed by atoms with Crippen molar-refractivity contribution in [2.45, 2.75) is 39.2 Å². The topological polar surface area (TPSA) is 58.1 Å². The maximum atomic E-state index is 13.4. The van der Waals surface area contributed by atoms with Crippen molar-refractivity contribution < 1.29 is 4.79 Å². The van der Waals surface area contributed by atoms with E-state index in [-0.39, 0.29) is 11.9 Å². The second-order valence-corrected chi connectivity index (χ2v) is 7.79. The highest BCUT2D eigenvalue weighted by Gasteiger charge is 2.27. The molecule has 1 amide bonds. The number of hydrogen-bond acceptors (Lipinski definition) is 4. The first-order chi connectivity index (χ1) is 13.5. The number of fused-ring (bicyclic) bond motifs is 1. The molecular formula is C22H23ClN4O. The van der Waals surface area contributed by atoms with E-state index in [1.165, 1.54) is 0 Å². The van der Waals surface area contributed by atoms with Gasteiger partial charge in [-0.05, 0) is 63.4 Å². The summed E-state index contributed by atoms with van der Waals surface area (Å²) in [5.41, 5.74) is 3.61. The van der Waals surface area contributed by atoms with Gasteiger partial charge in [-0.2, -0.15) is 0 Å². The molecule has 1 aromatic carbocycles. The highest BCUT2D eigenvalue weighted by Crippen LogP contribution is 2.31. The third kappa shape index (κ3) is 3.67. The van der Waals surface area contributed by atoms with Crippen molar-refractivity contribution >= 4 is 39.9 Å². The lowest BCUT2D eigenvalue weighted by Crippen LogP contribution is -2.42. The van der Waals surface area contributed by atoms with E-state index in [0.29, 0.717) is 16.2 Å². The minimum atomic E-state index is 0.00621. The number of benzene rings is 1. The van der Waals surface area contributed by atoms with E-state index in [2.05, 4.69) is 22.2 Å². The Hall–Kier alpha value is -2.66. The van der Waals surface area contributed by atoms with Gasteiger partial charge in [0.25, 0.3) is 5.91 Å². The molecule has 0 aliphatic carbocycles. The van der Waals surface area contributed by atoms with Crippen LogP contribution in [-0.2, 0) is 0 Å². The molecule has 2 aromatic heterocycles. The molecule has 0 unspecified atom stereocenters. The molecule has 1 fully saturated rings. The smallest absolute Gasteiger partial charge is 0.257 e. The predicted octanol–water partition coefficient (Wildman–Crippen LogP) is 5.35. The van der Waals surface area contributed by atoms with Gasteiger partial charge in [0.2, 0.25) is 0 Å². The molecule has 0 radical (unpaired) electrons. The molecular weight excluding hydrogens is 372 g/mol. The number of pyridine rings is 2. The molecule has 1 saturated heterocycles. The summed E-state index contributed by atoms with van der Waals surface area (Å²) >= 11 is 6.15. The second kappa shape index (κ2) is 7.76. The summed E-state index contributed by atoms with van der Waals surface area (Å²) in [5.74, 6) is 0.00621. The van der Waals surface area contributed by atoms with Crippen LogP contribution in [0, 0.1) is 6.92 Å². The standard InChI is InChI=1S/C22H23ClN4O/c1-14-9-10-18-20(26-17-8-5-7-16(23)12-17)19(13-24-21(18)25-14)22(28)27-11-4-3-6-15(27)2/h5,7-10,12-13,15H,3-4,6,11H2,1-2H3,(H,24,25,26)/t15-/m1/s1. The zero-order valence-corrected chi connectivity index (χ0v) is 16.8. The Morgan fingerprint density at radius 3 is 2.89 bits per heavy atom. The van der Waals surface area contributed by atoms with Gasteiger partial charge in [0.1, 0.15) is 0 Å². The van der Waals surface area contributed by atoms with Crippen LogP contribution in [0.4, 0.5) is 11.4 Å². The Morgan fingerprint density at radius 1 is 1.25 bits per heavy atom. The summed E-state index contributed by atoms with van der Waals surface area (Å²) in [7, 11) is 0. The summed E-state index contributed by atoms with van der Waals surface area (Å²) in [4.78, 5) is 24.4. The highest BCUT2D eigenvalue weighted by atomic mass is 35.5. The maximum Gasteiger partial charge on any atom is 0.257 e. The van der Waals surface area contributed by atoms with Crippen molar-refractivity contribution in [1.29, 1.82) is 0 Å².